The van der Waals surface area contributed by atoms with Crippen LogP contribution >= 0.6 is 0 Å². The van der Waals surface area contributed by atoms with Crippen LogP contribution < -0.4 is 5.73 Å². The van der Waals surface area contributed by atoms with E-state index in [0.29, 0.717) is 11.9 Å². The fraction of sp³-hybridized carbons (Fsp3) is 0.600. The van der Waals surface area contributed by atoms with E-state index in [0.717, 1.165) is 37.0 Å². The quantitative estimate of drug-likeness (QED) is 0.895. The van der Waals surface area contributed by atoms with Crippen molar-refractivity contribution in [2.45, 2.75) is 59.4 Å². The molecule has 0 fully saturated rings. The van der Waals surface area contributed by atoms with Gasteiger partial charge in [0.2, 0.25) is 5.95 Å². The molecule has 0 aliphatic carbocycles. The molecular weight excluding hydrogens is 236 g/mol. The maximum atomic E-state index is 5.87. The van der Waals surface area contributed by atoms with Gasteiger partial charge in [-0.15, -0.1) is 0 Å². The highest BCUT2D eigenvalue weighted by Crippen LogP contribution is 2.32. The fourth-order valence-corrected chi connectivity index (χ4v) is 2.84. The molecule has 2 heterocycles. The van der Waals surface area contributed by atoms with Crippen molar-refractivity contribution in [3.8, 4) is 0 Å². The lowest BCUT2D eigenvalue weighted by Gasteiger charge is -2.10. The Morgan fingerprint density at radius 2 is 1.84 bits per heavy atom. The number of nitrogens with two attached hydrogens (primary N) is 1. The van der Waals surface area contributed by atoms with Crippen molar-refractivity contribution in [3.05, 3.63) is 17.5 Å². The van der Waals surface area contributed by atoms with Gasteiger partial charge in [0.25, 0.3) is 0 Å². The maximum Gasteiger partial charge on any atom is 0.220 e. The van der Waals surface area contributed by atoms with E-state index in [1.807, 2.05) is 0 Å². The van der Waals surface area contributed by atoms with Gasteiger partial charge in [-0.25, -0.2) is 9.97 Å². The number of aromatic nitrogens is 3. The summed E-state index contributed by atoms with van der Waals surface area (Å²) in [6.07, 6.45) is 5.39. The number of rotatable bonds is 5. The Labute approximate surface area is 115 Å². The number of nitrogen functional groups attached to an aromatic ring is 1. The predicted octanol–water partition coefficient (Wildman–Crippen LogP) is 3.50. The van der Waals surface area contributed by atoms with E-state index in [1.54, 1.807) is 0 Å². The summed E-state index contributed by atoms with van der Waals surface area (Å²) in [6, 6.07) is 0. The Morgan fingerprint density at radius 1 is 1.16 bits per heavy atom. The largest absolute Gasteiger partial charge is 0.368 e. The molecule has 4 heteroatoms. The Bertz CT molecular complexity index is 567. The third-order valence-corrected chi connectivity index (χ3v) is 3.93. The van der Waals surface area contributed by atoms with Gasteiger partial charge in [0.15, 0.2) is 0 Å². The molecule has 104 valence electrons. The second-order valence-corrected chi connectivity index (χ2v) is 4.96. The molecule has 0 radical (unpaired) electrons. The summed E-state index contributed by atoms with van der Waals surface area (Å²) in [5.41, 5.74) is 10.5. The highest BCUT2D eigenvalue weighted by Gasteiger charge is 2.19. The third kappa shape index (κ3) is 2.31. The van der Waals surface area contributed by atoms with Crippen molar-refractivity contribution >= 4 is 17.0 Å². The number of anilines is 1. The molecule has 0 aliphatic heterocycles. The maximum absolute atomic E-state index is 5.87. The second kappa shape index (κ2) is 5.59. The van der Waals surface area contributed by atoms with Gasteiger partial charge in [0, 0.05) is 12.7 Å². The molecule has 2 rings (SSSR count). The lowest BCUT2D eigenvalue weighted by molar-refractivity contribution is 0.640. The van der Waals surface area contributed by atoms with Crippen molar-refractivity contribution in [3.63, 3.8) is 0 Å². The van der Waals surface area contributed by atoms with Gasteiger partial charge in [-0.3, -0.25) is 0 Å². The Balaban J connectivity index is 2.76. The molecule has 0 spiro atoms. The fourth-order valence-electron chi connectivity index (χ4n) is 2.84. The monoisotopic (exact) mass is 260 g/mol. The van der Waals surface area contributed by atoms with E-state index in [9.17, 15) is 0 Å². The van der Waals surface area contributed by atoms with Crippen LogP contribution in [0.4, 0.5) is 5.95 Å². The van der Waals surface area contributed by atoms with Crippen molar-refractivity contribution in [1.29, 1.82) is 0 Å². The number of aryl methyl sites for hydroxylation is 2. The minimum absolute atomic E-state index is 0.394. The SMILES string of the molecule is CCc1nc(N)nc2c(C(CC)CC)cn(CC)c12. The molecule has 0 unspecified atom stereocenters. The van der Waals surface area contributed by atoms with E-state index in [1.165, 1.54) is 11.1 Å². The molecule has 4 nitrogen and oxygen atoms in total. The predicted molar refractivity (Wildman–Crippen MR) is 80.3 cm³/mol. The summed E-state index contributed by atoms with van der Waals surface area (Å²) in [5, 5.41) is 0. The number of hydrogen-bond donors (Lipinski definition) is 1. The van der Waals surface area contributed by atoms with E-state index in [2.05, 4.69) is 48.4 Å². The summed E-state index contributed by atoms with van der Waals surface area (Å²) in [6.45, 7) is 9.68. The topological polar surface area (TPSA) is 56.7 Å². The molecule has 0 bridgehead atoms. The molecule has 0 aliphatic rings. The van der Waals surface area contributed by atoms with E-state index >= 15 is 0 Å². The highest BCUT2D eigenvalue weighted by atomic mass is 15.1. The van der Waals surface area contributed by atoms with E-state index in [-0.39, 0.29) is 0 Å². The van der Waals surface area contributed by atoms with Crippen LogP contribution in [0.3, 0.4) is 0 Å². The lowest BCUT2D eigenvalue weighted by Crippen LogP contribution is -2.03. The van der Waals surface area contributed by atoms with Crippen LogP contribution in [0.25, 0.3) is 11.0 Å². The molecule has 0 atom stereocenters. The van der Waals surface area contributed by atoms with Crippen LogP contribution in [0, 0.1) is 0 Å². The molecule has 0 saturated heterocycles. The van der Waals surface area contributed by atoms with Crippen molar-refractivity contribution in [2.24, 2.45) is 0 Å². The van der Waals surface area contributed by atoms with Crippen LogP contribution in [-0.4, -0.2) is 14.5 Å². The van der Waals surface area contributed by atoms with Crippen LogP contribution in [0.2, 0.25) is 0 Å². The average Bonchev–Trinajstić information content (AvgIpc) is 2.78. The highest BCUT2D eigenvalue weighted by molar-refractivity contribution is 5.83. The van der Waals surface area contributed by atoms with Gasteiger partial charge in [-0.2, -0.15) is 0 Å². The molecule has 2 aromatic rings. The zero-order chi connectivity index (χ0) is 14.0. The van der Waals surface area contributed by atoms with Gasteiger partial charge in [-0.1, -0.05) is 20.8 Å². The summed E-state index contributed by atoms with van der Waals surface area (Å²) < 4.78 is 2.27. The first-order chi connectivity index (χ1) is 9.15. The van der Waals surface area contributed by atoms with Gasteiger partial charge >= 0.3 is 0 Å². The Morgan fingerprint density at radius 3 is 2.37 bits per heavy atom. The van der Waals surface area contributed by atoms with E-state index < -0.39 is 0 Å². The van der Waals surface area contributed by atoms with Crippen LogP contribution in [0.1, 0.15) is 57.7 Å². The van der Waals surface area contributed by atoms with Crippen LogP contribution in [0.15, 0.2) is 6.20 Å². The first kappa shape index (κ1) is 13.8. The summed E-state index contributed by atoms with van der Waals surface area (Å²) in [4.78, 5) is 8.91. The minimum Gasteiger partial charge on any atom is -0.368 e. The van der Waals surface area contributed by atoms with Crippen LogP contribution in [-0.2, 0) is 13.0 Å². The van der Waals surface area contributed by atoms with Crippen LogP contribution in [0.5, 0.6) is 0 Å². The van der Waals surface area contributed by atoms with Crippen molar-refractivity contribution < 1.29 is 0 Å². The van der Waals surface area contributed by atoms with Crippen molar-refractivity contribution in [1.82, 2.24) is 14.5 Å². The zero-order valence-corrected chi connectivity index (χ0v) is 12.4. The average molecular weight is 260 g/mol. The molecule has 0 amide bonds. The molecule has 2 N–H and O–H groups in total. The third-order valence-electron chi connectivity index (χ3n) is 3.93. The molecular formula is C15H24N4. The van der Waals surface area contributed by atoms with Gasteiger partial charge < -0.3 is 10.3 Å². The molecule has 0 aromatic carbocycles. The summed E-state index contributed by atoms with van der Waals surface area (Å²) in [5.74, 6) is 0.944. The molecule has 2 aromatic heterocycles. The number of fused-ring (bicyclic) bond motifs is 1. The molecule has 0 saturated carbocycles. The molecule has 19 heavy (non-hydrogen) atoms. The normalized spacial score (nSPS) is 11.6. The summed E-state index contributed by atoms with van der Waals surface area (Å²) in [7, 11) is 0. The zero-order valence-electron chi connectivity index (χ0n) is 12.4. The number of nitrogens with zero attached hydrogens (tertiary/aromatic N) is 3. The summed E-state index contributed by atoms with van der Waals surface area (Å²) >= 11 is 0. The van der Waals surface area contributed by atoms with Crippen molar-refractivity contribution in [2.75, 3.05) is 5.73 Å². The standard InChI is InChI=1S/C15H24N4/c1-5-10(6-2)11-9-19(8-4)14-12(7-3)17-15(16)18-13(11)14/h9-10H,5-8H2,1-4H3,(H2,16,17,18). The Kier molecular flexibility index (Phi) is 4.08. The van der Waals surface area contributed by atoms with Gasteiger partial charge in [0.1, 0.15) is 0 Å². The number of hydrogen-bond acceptors (Lipinski definition) is 3. The smallest absolute Gasteiger partial charge is 0.220 e. The van der Waals surface area contributed by atoms with E-state index in [4.69, 9.17) is 5.73 Å². The first-order valence-electron chi connectivity index (χ1n) is 7.31. The van der Waals surface area contributed by atoms with Gasteiger partial charge in [-0.05, 0) is 37.7 Å². The Hall–Kier alpha value is -1.58. The van der Waals surface area contributed by atoms with Gasteiger partial charge in [0.05, 0.1) is 16.7 Å². The minimum atomic E-state index is 0.394. The lowest BCUT2D eigenvalue weighted by atomic mass is 9.95. The second-order valence-electron chi connectivity index (χ2n) is 4.96. The first-order valence-corrected chi connectivity index (χ1v) is 7.31.